The smallest absolute Gasteiger partial charge is 0.337 e. The molecule has 17 heavy (non-hydrogen) atoms. The molecule has 0 fully saturated rings. The summed E-state index contributed by atoms with van der Waals surface area (Å²) in [5.74, 6) is -8.70. The number of rotatable bonds is 6. The molecule has 0 bridgehead atoms. The van der Waals surface area contributed by atoms with Crippen LogP contribution in [0, 0.1) is 5.41 Å². The van der Waals surface area contributed by atoms with Gasteiger partial charge in [-0.05, 0) is 6.42 Å². The van der Waals surface area contributed by atoms with Gasteiger partial charge in [0.05, 0.1) is 5.57 Å². The van der Waals surface area contributed by atoms with Gasteiger partial charge in [-0.3, -0.25) is 0 Å². The van der Waals surface area contributed by atoms with Gasteiger partial charge in [0.25, 0.3) is 5.41 Å². The molecule has 0 aliphatic carbocycles. The Balaban J connectivity index is 6.18. The second-order valence-electron chi connectivity index (χ2n) is 3.00. The maximum Gasteiger partial charge on any atom is 0.337 e. The van der Waals surface area contributed by atoms with Crippen LogP contribution in [-0.4, -0.2) is 44.3 Å². The van der Waals surface area contributed by atoms with Gasteiger partial charge in [-0.25, -0.2) is 19.2 Å². The van der Waals surface area contributed by atoms with Gasteiger partial charge in [0.1, 0.15) is 0 Å². The van der Waals surface area contributed by atoms with E-state index in [0.29, 0.717) is 0 Å². The lowest BCUT2D eigenvalue weighted by Crippen LogP contribution is -2.49. The Morgan fingerprint density at radius 1 is 0.941 bits per heavy atom. The first-order chi connectivity index (χ1) is 7.72. The molecule has 0 rings (SSSR count). The summed E-state index contributed by atoms with van der Waals surface area (Å²) in [6.45, 7) is 1.42. The molecule has 0 aromatic heterocycles. The average Bonchev–Trinajstić information content (AvgIpc) is 2.15. The first-order valence-electron chi connectivity index (χ1n) is 4.36. The largest absolute Gasteiger partial charge is 0.480 e. The standard InChI is InChI=1S/C9H10O8/c1-2-3-4(5(10)11)9(6(12)13,7(14)15)8(16)17/h3H,2H2,1H3,(H,10,11)(H,12,13)(H,14,15)(H,16,17)/b4-3+. The van der Waals surface area contributed by atoms with Crippen molar-refractivity contribution in [2.45, 2.75) is 13.3 Å². The zero-order valence-corrected chi connectivity index (χ0v) is 8.71. The van der Waals surface area contributed by atoms with E-state index in [0.717, 1.165) is 6.08 Å². The SMILES string of the molecule is CC/C=C(\C(=O)O)C(C(=O)O)(C(=O)O)C(=O)O. The Morgan fingerprint density at radius 3 is 1.47 bits per heavy atom. The summed E-state index contributed by atoms with van der Waals surface area (Å²) in [5, 5.41) is 35.0. The highest BCUT2D eigenvalue weighted by atomic mass is 16.4. The summed E-state index contributed by atoms with van der Waals surface area (Å²) in [7, 11) is 0. The van der Waals surface area contributed by atoms with E-state index >= 15 is 0 Å². The lowest BCUT2D eigenvalue weighted by Gasteiger charge is -2.20. The van der Waals surface area contributed by atoms with Gasteiger partial charge in [0.2, 0.25) is 0 Å². The van der Waals surface area contributed by atoms with Crippen LogP contribution in [0.5, 0.6) is 0 Å². The molecule has 0 atom stereocenters. The monoisotopic (exact) mass is 246 g/mol. The van der Waals surface area contributed by atoms with Crippen LogP contribution in [-0.2, 0) is 19.2 Å². The van der Waals surface area contributed by atoms with Gasteiger partial charge in [0.15, 0.2) is 0 Å². The van der Waals surface area contributed by atoms with Crippen molar-refractivity contribution >= 4 is 23.9 Å². The third-order valence-corrected chi connectivity index (χ3v) is 2.01. The predicted octanol–water partition coefficient (Wildman–Crippen LogP) is -0.352. The molecule has 0 unspecified atom stereocenters. The van der Waals surface area contributed by atoms with Crippen molar-refractivity contribution in [1.82, 2.24) is 0 Å². The van der Waals surface area contributed by atoms with Crippen molar-refractivity contribution in [3.8, 4) is 0 Å². The van der Waals surface area contributed by atoms with Crippen LogP contribution in [0.3, 0.4) is 0 Å². The maximum atomic E-state index is 10.9. The third-order valence-electron chi connectivity index (χ3n) is 2.01. The van der Waals surface area contributed by atoms with Crippen LogP contribution in [0.2, 0.25) is 0 Å². The first-order valence-corrected chi connectivity index (χ1v) is 4.36. The Hall–Kier alpha value is -2.38. The molecule has 8 nitrogen and oxygen atoms in total. The van der Waals surface area contributed by atoms with Crippen molar-refractivity contribution < 1.29 is 39.6 Å². The van der Waals surface area contributed by atoms with Crippen LogP contribution in [0.1, 0.15) is 13.3 Å². The highest BCUT2D eigenvalue weighted by molar-refractivity contribution is 6.24. The summed E-state index contributed by atoms with van der Waals surface area (Å²) >= 11 is 0. The summed E-state index contributed by atoms with van der Waals surface area (Å²) in [4.78, 5) is 43.4. The van der Waals surface area contributed by atoms with Gasteiger partial charge in [-0.1, -0.05) is 13.0 Å². The van der Waals surface area contributed by atoms with E-state index in [1.54, 1.807) is 0 Å². The van der Waals surface area contributed by atoms with Gasteiger partial charge >= 0.3 is 23.9 Å². The highest BCUT2D eigenvalue weighted by Crippen LogP contribution is 2.30. The molecular weight excluding hydrogens is 236 g/mol. The number of carboxylic acid groups (broad SMARTS) is 4. The molecule has 0 spiro atoms. The molecule has 94 valence electrons. The Kier molecular flexibility index (Phi) is 4.39. The average molecular weight is 246 g/mol. The van der Waals surface area contributed by atoms with Crippen molar-refractivity contribution in [2.75, 3.05) is 0 Å². The van der Waals surface area contributed by atoms with E-state index in [2.05, 4.69) is 0 Å². The summed E-state index contributed by atoms with van der Waals surface area (Å²) in [6.07, 6.45) is 0.732. The number of carbonyl (C=O) groups is 4. The number of carboxylic acids is 4. The van der Waals surface area contributed by atoms with E-state index in [9.17, 15) is 19.2 Å². The Morgan fingerprint density at radius 2 is 1.29 bits per heavy atom. The fourth-order valence-electron chi connectivity index (χ4n) is 1.22. The molecule has 0 aliphatic rings. The van der Waals surface area contributed by atoms with Gasteiger partial charge in [0, 0.05) is 0 Å². The number of hydrogen-bond acceptors (Lipinski definition) is 4. The Bertz CT molecular complexity index is 369. The third kappa shape index (κ3) is 2.25. The molecule has 0 radical (unpaired) electrons. The molecule has 8 heteroatoms. The molecule has 0 saturated carbocycles. The molecule has 0 aromatic carbocycles. The molecular formula is C9H10O8. The van der Waals surface area contributed by atoms with Crippen LogP contribution in [0.15, 0.2) is 11.6 Å². The zero-order valence-electron chi connectivity index (χ0n) is 8.71. The number of hydrogen-bond donors (Lipinski definition) is 4. The molecule has 0 aliphatic heterocycles. The fourth-order valence-corrected chi connectivity index (χ4v) is 1.22. The molecule has 0 amide bonds. The van der Waals surface area contributed by atoms with Gasteiger partial charge in [-0.2, -0.15) is 0 Å². The fraction of sp³-hybridized carbons (Fsp3) is 0.333. The van der Waals surface area contributed by atoms with Crippen LogP contribution < -0.4 is 0 Å². The van der Waals surface area contributed by atoms with Crippen molar-refractivity contribution in [3.05, 3.63) is 11.6 Å². The lowest BCUT2D eigenvalue weighted by atomic mass is 9.79. The topological polar surface area (TPSA) is 149 Å². The predicted molar refractivity (Wildman–Crippen MR) is 51.4 cm³/mol. The van der Waals surface area contributed by atoms with Crippen molar-refractivity contribution in [3.63, 3.8) is 0 Å². The van der Waals surface area contributed by atoms with Gasteiger partial charge < -0.3 is 20.4 Å². The second kappa shape index (κ2) is 5.10. The summed E-state index contributed by atoms with van der Waals surface area (Å²) < 4.78 is 0. The van der Waals surface area contributed by atoms with Gasteiger partial charge in [-0.15, -0.1) is 0 Å². The van der Waals surface area contributed by atoms with Crippen LogP contribution in [0.4, 0.5) is 0 Å². The quantitative estimate of drug-likeness (QED) is 0.366. The van der Waals surface area contributed by atoms with E-state index in [1.807, 2.05) is 0 Å². The number of aliphatic carboxylic acids is 4. The second-order valence-corrected chi connectivity index (χ2v) is 3.00. The summed E-state index contributed by atoms with van der Waals surface area (Å²) in [5.41, 5.74) is -4.70. The first kappa shape index (κ1) is 14.6. The maximum absolute atomic E-state index is 10.9. The zero-order chi connectivity index (χ0) is 13.8. The summed E-state index contributed by atoms with van der Waals surface area (Å²) in [6, 6.07) is 0. The minimum Gasteiger partial charge on any atom is -0.480 e. The normalized spacial score (nSPS) is 11.9. The van der Waals surface area contributed by atoms with Crippen LogP contribution >= 0.6 is 0 Å². The Labute approximate surface area is 94.8 Å². The van der Waals surface area contributed by atoms with E-state index in [-0.39, 0.29) is 6.42 Å². The molecule has 0 saturated heterocycles. The minimum absolute atomic E-state index is 0.0166. The van der Waals surface area contributed by atoms with Crippen LogP contribution in [0.25, 0.3) is 0 Å². The number of allylic oxidation sites excluding steroid dienone is 1. The minimum atomic E-state index is -3.50. The lowest BCUT2D eigenvalue weighted by molar-refractivity contribution is -0.174. The highest BCUT2D eigenvalue weighted by Gasteiger charge is 2.59. The van der Waals surface area contributed by atoms with Crippen molar-refractivity contribution in [2.24, 2.45) is 5.41 Å². The van der Waals surface area contributed by atoms with E-state index in [4.69, 9.17) is 20.4 Å². The molecule has 0 heterocycles. The van der Waals surface area contributed by atoms with E-state index in [1.165, 1.54) is 6.92 Å². The molecule has 0 aromatic rings. The van der Waals surface area contributed by atoms with E-state index < -0.39 is 34.9 Å². The molecule has 4 N–H and O–H groups in total. The van der Waals surface area contributed by atoms with Crippen molar-refractivity contribution in [1.29, 1.82) is 0 Å².